The quantitative estimate of drug-likeness (QED) is 0.740. The first kappa shape index (κ1) is 10.7. The molecule has 0 unspecified atom stereocenters. The van der Waals surface area contributed by atoms with Crippen LogP contribution in [0.4, 0.5) is 5.69 Å². The van der Waals surface area contributed by atoms with E-state index < -0.39 is 5.97 Å². The predicted octanol–water partition coefficient (Wildman–Crippen LogP) is 1.94. The lowest BCUT2D eigenvalue weighted by atomic mass is 10.1. The van der Waals surface area contributed by atoms with Gasteiger partial charge in [-0.15, -0.1) is 0 Å². The fourth-order valence-corrected chi connectivity index (χ4v) is 1.39. The first-order valence-electron chi connectivity index (χ1n) is 3.85. The zero-order valence-corrected chi connectivity index (χ0v) is 8.55. The lowest BCUT2D eigenvalue weighted by molar-refractivity contribution is 0.0693. The van der Waals surface area contributed by atoms with E-state index in [1.165, 1.54) is 13.2 Å². The number of aromatic carboxylic acids is 1. The average Bonchev–Trinajstić information content (AvgIpc) is 2.13. The molecule has 0 aliphatic carbocycles. The summed E-state index contributed by atoms with van der Waals surface area (Å²) in [4.78, 5) is 10.8. The Balaban J connectivity index is 3.51. The minimum absolute atomic E-state index is 0.0272. The Labute approximate surface area is 86.2 Å². The lowest BCUT2D eigenvalue weighted by Crippen LogP contribution is -2.04. The van der Waals surface area contributed by atoms with Crippen molar-refractivity contribution in [3.8, 4) is 5.75 Å². The SMILES string of the molecule is COc1c(C(=O)O)cc(N)c(C)c1Cl. The van der Waals surface area contributed by atoms with Gasteiger partial charge in [-0.05, 0) is 18.6 Å². The van der Waals surface area contributed by atoms with Crippen molar-refractivity contribution in [1.29, 1.82) is 0 Å². The Hall–Kier alpha value is -1.42. The number of ether oxygens (including phenoxy) is 1. The van der Waals surface area contributed by atoms with Crippen LogP contribution in [0, 0.1) is 6.92 Å². The number of nitrogens with two attached hydrogens (primary N) is 1. The summed E-state index contributed by atoms with van der Waals surface area (Å²) < 4.78 is 4.90. The van der Waals surface area contributed by atoms with E-state index in [1.807, 2.05) is 0 Å². The van der Waals surface area contributed by atoms with Crippen LogP contribution in [0.15, 0.2) is 6.07 Å². The van der Waals surface area contributed by atoms with Crippen LogP contribution in [0.1, 0.15) is 15.9 Å². The molecule has 0 aromatic heterocycles. The Kier molecular flexibility index (Phi) is 2.86. The number of nitrogen functional groups attached to an aromatic ring is 1. The number of carboxylic acid groups (broad SMARTS) is 1. The largest absolute Gasteiger partial charge is 0.494 e. The van der Waals surface area contributed by atoms with Crippen LogP contribution >= 0.6 is 11.6 Å². The molecule has 4 nitrogen and oxygen atoms in total. The van der Waals surface area contributed by atoms with Crippen molar-refractivity contribution in [1.82, 2.24) is 0 Å². The van der Waals surface area contributed by atoms with E-state index in [1.54, 1.807) is 6.92 Å². The number of anilines is 1. The maximum Gasteiger partial charge on any atom is 0.339 e. The van der Waals surface area contributed by atoms with E-state index in [9.17, 15) is 4.79 Å². The summed E-state index contributed by atoms with van der Waals surface area (Å²) in [6.45, 7) is 1.70. The molecule has 0 atom stereocenters. The van der Waals surface area contributed by atoms with Gasteiger partial charge in [-0.3, -0.25) is 0 Å². The van der Waals surface area contributed by atoms with E-state index in [2.05, 4.69) is 0 Å². The number of carboxylic acids is 1. The summed E-state index contributed by atoms with van der Waals surface area (Å²) in [7, 11) is 1.36. The number of hydrogen-bond acceptors (Lipinski definition) is 3. The molecule has 3 N–H and O–H groups in total. The van der Waals surface area contributed by atoms with Crippen molar-refractivity contribution in [2.24, 2.45) is 0 Å². The molecule has 0 fully saturated rings. The highest BCUT2D eigenvalue weighted by atomic mass is 35.5. The lowest BCUT2D eigenvalue weighted by Gasteiger charge is -2.11. The van der Waals surface area contributed by atoms with E-state index in [0.29, 0.717) is 11.3 Å². The van der Waals surface area contributed by atoms with Crippen molar-refractivity contribution in [3.63, 3.8) is 0 Å². The van der Waals surface area contributed by atoms with Crippen LogP contribution < -0.4 is 10.5 Å². The molecule has 5 heteroatoms. The highest BCUT2D eigenvalue weighted by Crippen LogP contribution is 2.35. The second kappa shape index (κ2) is 3.75. The van der Waals surface area contributed by atoms with Crippen LogP contribution in [0.2, 0.25) is 5.02 Å². The third kappa shape index (κ3) is 1.61. The normalized spacial score (nSPS) is 9.93. The van der Waals surface area contributed by atoms with Crippen molar-refractivity contribution >= 4 is 23.3 Å². The summed E-state index contributed by atoms with van der Waals surface area (Å²) >= 11 is 5.88. The smallest absolute Gasteiger partial charge is 0.339 e. The van der Waals surface area contributed by atoms with E-state index in [-0.39, 0.29) is 16.3 Å². The minimum Gasteiger partial charge on any atom is -0.494 e. The van der Waals surface area contributed by atoms with Gasteiger partial charge in [0, 0.05) is 5.69 Å². The molecule has 1 rings (SSSR count). The summed E-state index contributed by atoms with van der Waals surface area (Å²) in [6, 6.07) is 1.34. The van der Waals surface area contributed by atoms with Crippen LogP contribution in [0.5, 0.6) is 5.75 Å². The predicted molar refractivity (Wildman–Crippen MR) is 54.1 cm³/mol. The van der Waals surface area contributed by atoms with Gasteiger partial charge in [0.2, 0.25) is 0 Å². The first-order chi connectivity index (χ1) is 6.49. The summed E-state index contributed by atoms with van der Waals surface area (Å²) in [5, 5.41) is 9.08. The molecule has 0 saturated heterocycles. The fraction of sp³-hybridized carbons (Fsp3) is 0.222. The van der Waals surface area contributed by atoms with Gasteiger partial charge >= 0.3 is 5.97 Å². The molecule has 0 saturated carbocycles. The van der Waals surface area contributed by atoms with E-state index in [0.717, 1.165) is 0 Å². The number of halogens is 1. The van der Waals surface area contributed by atoms with Gasteiger partial charge in [0.05, 0.1) is 12.1 Å². The molecular formula is C9H10ClNO3. The monoisotopic (exact) mass is 215 g/mol. The molecule has 0 heterocycles. The van der Waals surface area contributed by atoms with Gasteiger partial charge < -0.3 is 15.6 Å². The topological polar surface area (TPSA) is 72.5 Å². The van der Waals surface area contributed by atoms with Gasteiger partial charge in [-0.25, -0.2) is 4.79 Å². The molecule has 1 aromatic carbocycles. The molecule has 0 aliphatic rings. The van der Waals surface area contributed by atoms with Crippen molar-refractivity contribution in [2.45, 2.75) is 6.92 Å². The Morgan fingerprint density at radius 3 is 2.64 bits per heavy atom. The van der Waals surface area contributed by atoms with Crippen LogP contribution in [-0.2, 0) is 0 Å². The van der Waals surface area contributed by atoms with Crippen molar-refractivity contribution < 1.29 is 14.6 Å². The molecule has 0 radical (unpaired) electrons. The van der Waals surface area contributed by atoms with Crippen LogP contribution in [0.25, 0.3) is 0 Å². The standard InChI is InChI=1S/C9H10ClNO3/c1-4-6(11)3-5(9(12)13)8(14-2)7(4)10/h3H,11H2,1-2H3,(H,12,13). The zero-order valence-electron chi connectivity index (χ0n) is 7.80. The maximum atomic E-state index is 10.8. The Bertz CT molecular complexity index is 390. The number of carbonyl (C=O) groups is 1. The molecule has 14 heavy (non-hydrogen) atoms. The Morgan fingerprint density at radius 1 is 1.64 bits per heavy atom. The molecule has 0 bridgehead atoms. The van der Waals surface area contributed by atoms with Gasteiger partial charge in [0.25, 0.3) is 0 Å². The highest BCUT2D eigenvalue weighted by molar-refractivity contribution is 6.33. The fourth-order valence-electron chi connectivity index (χ4n) is 1.10. The van der Waals surface area contributed by atoms with Gasteiger partial charge in [-0.2, -0.15) is 0 Å². The number of rotatable bonds is 2. The number of methoxy groups -OCH3 is 1. The third-order valence-corrected chi connectivity index (χ3v) is 2.40. The van der Waals surface area contributed by atoms with Gasteiger partial charge in [0.15, 0.2) is 5.75 Å². The summed E-state index contributed by atoms with van der Waals surface area (Å²) in [5.41, 5.74) is 6.51. The van der Waals surface area contributed by atoms with Crippen molar-refractivity contribution in [3.05, 3.63) is 22.2 Å². The second-order valence-electron chi connectivity index (χ2n) is 2.79. The zero-order chi connectivity index (χ0) is 10.9. The number of benzene rings is 1. The van der Waals surface area contributed by atoms with Crippen LogP contribution in [0.3, 0.4) is 0 Å². The third-order valence-electron chi connectivity index (χ3n) is 1.94. The molecule has 76 valence electrons. The Morgan fingerprint density at radius 2 is 2.21 bits per heavy atom. The molecule has 1 aromatic rings. The summed E-state index contributed by atoms with van der Waals surface area (Å²) in [5.74, 6) is -0.971. The minimum atomic E-state index is -1.12. The van der Waals surface area contributed by atoms with Crippen LogP contribution in [-0.4, -0.2) is 18.2 Å². The highest BCUT2D eigenvalue weighted by Gasteiger charge is 2.17. The average molecular weight is 216 g/mol. The molecule has 0 aliphatic heterocycles. The summed E-state index contributed by atoms with van der Waals surface area (Å²) in [6.07, 6.45) is 0. The molecular weight excluding hydrogens is 206 g/mol. The van der Waals surface area contributed by atoms with Crippen molar-refractivity contribution in [2.75, 3.05) is 12.8 Å². The van der Waals surface area contributed by atoms with Gasteiger partial charge in [-0.1, -0.05) is 11.6 Å². The molecule has 0 amide bonds. The van der Waals surface area contributed by atoms with E-state index >= 15 is 0 Å². The maximum absolute atomic E-state index is 10.8. The van der Waals surface area contributed by atoms with Gasteiger partial charge in [0.1, 0.15) is 5.56 Å². The first-order valence-corrected chi connectivity index (χ1v) is 4.22. The molecule has 0 spiro atoms. The number of hydrogen-bond donors (Lipinski definition) is 2. The van der Waals surface area contributed by atoms with E-state index in [4.69, 9.17) is 27.2 Å². The second-order valence-corrected chi connectivity index (χ2v) is 3.17.